The standard InChI is InChI=1S/C17H18ClN5S/c1-11-12(2)24-17(21-11)23-7-5-22(6-8-23)16-14-4-3-13(18)9-15(14)19-10-20-16/h3-4,9-10H,5-8H2,1-2H3. The lowest BCUT2D eigenvalue weighted by molar-refractivity contribution is 0.647. The number of hydrogen-bond acceptors (Lipinski definition) is 6. The lowest BCUT2D eigenvalue weighted by atomic mass is 10.2. The Balaban J connectivity index is 1.56. The van der Waals surface area contributed by atoms with Crippen LogP contribution in [0.25, 0.3) is 10.9 Å². The van der Waals surface area contributed by atoms with Gasteiger partial charge in [-0.1, -0.05) is 11.6 Å². The van der Waals surface area contributed by atoms with Crippen LogP contribution in [0.3, 0.4) is 0 Å². The van der Waals surface area contributed by atoms with E-state index < -0.39 is 0 Å². The fourth-order valence-electron chi connectivity index (χ4n) is 2.97. The second-order valence-electron chi connectivity index (χ2n) is 5.97. The van der Waals surface area contributed by atoms with Crippen molar-refractivity contribution in [3.63, 3.8) is 0 Å². The molecule has 1 saturated heterocycles. The van der Waals surface area contributed by atoms with Gasteiger partial charge in [-0.2, -0.15) is 0 Å². The molecule has 1 aliphatic rings. The fraction of sp³-hybridized carbons (Fsp3) is 0.353. The molecule has 5 nitrogen and oxygen atoms in total. The summed E-state index contributed by atoms with van der Waals surface area (Å²) >= 11 is 7.85. The molecule has 3 aromatic rings. The second kappa shape index (κ2) is 6.18. The lowest BCUT2D eigenvalue weighted by Crippen LogP contribution is -2.46. The quantitative estimate of drug-likeness (QED) is 0.698. The zero-order chi connectivity index (χ0) is 16.7. The van der Waals surface area contributed by atoms with Crippen molar-refractivity contribution in [1.29, 1.82) is 0 Å². The molecule has 0 spiro atoms. The third-order valence-corrected chi connectivity index (χ3v) is 5.81. The summed E-state index contributed by atoms with van der Waals surface area (Å²) in [5.74, 6) is 0.989. The molecule has 3 heterocycles. The van der Waals surface area contributed by atoms with E-state index in [1.807, 2.05) is 18.2 Å². The Kier molecular flexibility index (Phi) is 4.02. The first kappa shape index (κ1) is 15.6. The highest BCUT2D eigenvalue weighted by molar-refractivity contribution is 7.15. The van der Waals surface area contributed by atoms with Gasteiger partial charge >= 0.3 is 0 Å². The van der Waals surface area contributed by atoms with Gasteiger partial charge in [0.1, 0.15) is 12.1 Å². The Morgan fingerprint density at radius 3 is 2.50 bits per heavy atom. The van der Waals surface area contributed by atoms with Gasteiger partial charge in [-0.15, -0.1) is 11.3 Å². The van der Waals surface area contributed by atoms with Gasteiger partial charge < -0.3 is 9.80 Å². The molecule has 1 aromatic carbocycles. The lowest BCUT2D eigenvalue weighted by Gasteiger charge is -2.35. The maximum absolute atomic E-state index is 6.07. The summed E-state index contributed by atoms with van der Waals surface area (Å²) in [6.45, 7) is 7.95. The fourth-order valence-corrected chi connectivity index (χ4v) is 4.10. The third-order valence-electron chi connectivity index (χ3n) is 4.44. The molecule has 4 rings (SSSR count). The number of nitrogens with zero attached hydrogens (tertiary/aromatic N) is 5. The van der Waals surface area contributed by atoms with Crippen molar-refractivity contribution >= 4 is 44.8 Å². The molecule has 0 atom stereocenters. The van der Waals surface area contributed by atoms with Crippen molar-refractivity contribution in [2.24, 2.45) is 0 Å². The number of thiazole rings is 1. The molecule has 24 heavy (non-hydrogen) atoms. The monoisotopic (exact) mass is 359 g/mol. The van der Waals surface area contributed by atoms with Gasteiger partial charge in [0, 0.05) is 41.5 Å². The van der Waals surface area contributed by atoms with E-state index in [-0.39, 0.29) is 0 Å². The first-order valence-corrected chi connectivity index (χ1v) is 9.15. The number of anilines is 2. The van der Waals surface area contributed by atoms with Crippen molar-refractivity contribution in [3.8, 4) is 0 Å². The average Bonchev–Trinajstić information content (AvgIpc) is 2.93. The van der Waals surface area contributed by atoms with Crippen LogP contribution < -0.4 is 9.80 Å². The van der Waals surface area contributed by atoms with Gasteiger partial charge in [-0.3, -0.25) is 0 Å². The van der Waals surface area contributed by atoms with Crippen molar-refractivity contribution in [2.45, 2.75) is 13.8 Å². The minimum atomic E-state index is 0.700. The molecular formula is C17H18ClN5S. The summed E-state index contributed by atoms with van der Waals surface area (Å²) in [6, 6.07) is 5.79. The Hall–Kier alpha value is -1.92. The van der Waals surface area contributed by atoms with Crippen LogP contribution in [-0.2, 0) is 0 Å². The highest BCUT2D eigenvalue weighted by atomic mass is 35.5. The maximum atomic E-state index is 6.07. The van der Waals surface area contributed by atoms with Gasteiger partial charge in [0.2, 0.25) is 0 Å². The highest BCUT2D eigenvalue weighted by Gasteiger charge is 2.22. The molecule has 7 heteroatoms. The Morgan fingerprint density at radius 1 is 1.04 bits per heavy atom. The normalized spacial score (nSPS) is 15.3. The summed E-state index contributed by atoms with van der Waals surface area (Å²) in [7, 11) is 0. The van der Waals surface area contributed by atoms with E-state index in [1.54, 1.807) is 17.7 Å². The van der Waals surface area contributed by atoms with Gasteiger partial charge in [0.25, 0.3) is 0 Å². The minimum Gasteiger partial charge on any atom is -0.352 e. The van der Waals surface area contributed by atoms with Crippen LogP contribution in [0.15, 0.2) is 24.5 Å². The molecule has 2 aromatic heterocycles. The smallest absolute Gasteiger partial charge is 0.185 e. The number of halogens is 1. The Labute approximate surface area is 149 Å². The molecular weight excluding hydrogens is 342 g/mol. The second-order valence-corrected chi connectivity index (χ2v) is 7.59. The summed E-state index contributed by atoms with van der Waals surface area (Å²) in [5.41, 5.74) is 2.03. The minimum absolute atomic E-state index is 0.700. The van der Waals surface area contributed by atoms with Crippen LogP contribution in [0.2, 0.25) is 5.02 Å². The van der Waals surface area contributed by atoms with E-state index >= 15 is 0 Å². The first-order chi connectivity index (χ1) is 11.6. The van der Waals surface area contributed by atoms with E-state index in [4.69, 9.17) is 11.6 Å². The number of benzene rings is 1. The van der Waals surface area contributed by atoms with E-state index in [0.717, 1.165) is 53.7 Å². The highest BCUT2D eigenvalue weighted by Crippen LogP contribution is 2.29. The van der Waals surface area contributed by atoms with E-state index in [1.165, 1.54) is 4.88 Å². The summed E-state index contributed by atoms with van der Waals surface area (Å²) in [5, 5.41) is 2.88. The Bertz CT molecular complexity index is 866. The molecule has 124 valence electrons. The van der Waals surface area contributed by atoms with Crippen molar-refractivity contribution in [2.75, 3.05) is 36.0 Å². The number of hydrogen-bond donors (Lipinski definition) is 0. The van der Waals surface area contributed by atoms with Crippen molar-refractivity contribution < 1.29 is 0 Å². The van der Waals surface area contributed by atoms with E-state index in [9.17, 15) is 0 Å². The molecule has 0 radical (unpaired) electrons. The molecule has 0 unspecified atom stereocenters. The van der Waals surface area contributed by atoms with Gasteiger partial charge in [0.05, 0.1) is 11.2 Å². The molecule has 0 N–H and O–H groups in total. The molecule has 1 aliphatic heterocycles. The molecule has 0 aliphatic carbocycles. The number of piperazine rings is 1. The van der Waals surface area contributed by atoms with Crippen LogP contribution in [-0.4, -0.2) is 41.1 Å². The van der Waals surface area contributed by atoms with Crippen molar-refractivity contribution in [1.82, 2.24) is 15.0 Å². The van der Waals surface area contributed by atoms with Crippen LogP contribution >= 0.6 is 22.9 Å². The van der Waals surface area contributed by atoms with Crippen LogP contribution in [0.4, 0.5) is 10.9 Å². The first-order valence-electron chi connectivity index (χ1n) is 7.96. The summed E-state index contributed by atoms with van der Waals surface area (Å²) in [6.07, 6.45) is 1.62. The van der Waals surface area contributed by atoms with Crippen LogP contribution in [0.1, 0.15) is 10.6 Å². The summed E-state index contributed by atoms with van der Waals surface area (Å²) < 4.78 is 0. The predicted molar refractivity (Wildman–Crippen MR) is 101 cm³/mol. The van der Waals surface area contributed by atoms with Crippen LogP contribution in [0, 0.1) is 13.8 Å². The number of rotatable bonds is 2. The topological polar surface area (TPSA) is 45.2 Å². The molecule has 0 amide bonds. The number of fused-ring (bicyclic) bond motifs is 1. The Morgan fingerprint density at radius 2 is 1.79 bits per heavy atom. The maximum Gasteiger partial charge on any atom is 0.185 e. The van der Waals surface area contributed by atoms with Gasteiger partial charge in [0.15, 0.2) is 5.13 Å². The van der Waals surface area contributed by atoms with E-state index in [2.05, 4.69) is 38.6 Å². The van der Waals surface area contributed by atoms with E-state index in [0.29, 0.717) is 5.02 Å². The van der Waals surface area contributed by atoms with Crippen LogP contribution in [0.5, 0.6) is 0 Å². The third kappa shape index (κ3) is 2.80. The summed E-state index contributed by atoms with van der Waals surface area (Å²) in [4.78, 5) is 19.5. The van der Waals surface area contributed by atoms with Gasteiger partial charge in [-0.05, 0) is 32.0 Å². The zero-order valence-corrected chi connectivity index (χ0v) is 15.2. The number of aromatic nitrogens is 3. The van der Waals surface area contributed by atoms with Gasteiger partial charge in [-0.25, -0.2) is 15.0 Å². The molecule has 1 fully saturated rings. The largest absolute Gasteiger partial charge is 0.352 e. The van der Waals surface area contributed by atoms with Crippen molar-refractivity contribution in [3.05, 3.63) is 40.1 Å². The zero-order valence-electron chi connectivity index (χ0n) is 13.7. The average molecular weight is 360 g/mol. The molecule has 0 saturated carbocycles. The SMILES string of the molecule is Cc1nc(N2CCN(c3ncnc4cc(Cl)ccc34)CC2)sc1C. The predicted octanol–water partition coefficient (Wildman–Crippen LogP) is 3.68. The number of aryl methyl sites for hydroxylation is 2. The molecule has 0 bridgehead atoms.